The number of carbonyl (C=O) groups is 2. The summed E-state index contributed by atoms with van der Waals surface area (Å²) in [4.78, 5) is 26.0. The molecule has 1 aromatic rings. The van der Waals surface area contributed by atoms with Crippen molar-refractivity contribution in [2.75, 3.05) is 24.7 Å². The minimum absolute atomic E-state index is 0.0496. The van der Waals surface area contributed by atoms with E-state index in [1.165, 1.54) is 29.2 Å². The molecule has 1 N–H and O–H groups in total. The van der Waals surface area contributed by atoms with Crippen molar-refractivity contribution in [1.82, 2.24) is 4.90 Å². The van der Waals surface area contributed by atoms with Crippen LogP contribution < -0.4 is 0 Å². The second-order valence-corrected chi connectivity index (χ2v) is 8.85. The molecule has 25 heavy (non-hydrogen) atoms. The summed E-state index contributed by atoms with van der Waals surface area (Å²) < 4.78 is 28.4. The van der Waals surface area contributed by atoms with E-state index in [9.17, 15) is 23.1 Å². The van der Waals surface area contributed by atoms with Gasteiger partial charge in [-0.1, -0.05) is 19.9 Å². The SMILES string of the molecule is CC(C)CN(C(=O)COC(=O)c1cccc(O)c1)C1CCS(=O)(=O)C1. The molecule has 1 aliphatic rings. The molecule has 1 aliphatic heterocycles. The number of phenols is 1. The van der Waals surface area contributed by atoms with Crippen LogP contribution >= 0.6 is 0 Å². The molecule has 0 aromatic heterocycles. The van der Waals surface area contributed by atoms with Crippen molar-refractivity contribution in [3.8, 4) is 5.75 Å². The van der Waals surface area contributed by atoms with E-state index in [-0.39, 0.29) is 34.8 Å². The number of benzene rings is 1. The molecule has 1 saturated heterocycles. The molecule has 7 nitrogen and oxygen atoms in total. The molecule has 1 heterocycles. The number of carbonyl (C=O) groups excluding carboxylic acids is 2. The Morgan fingerprint density at radius 1 is 1.36 bits per heavy atom. The molecule has 1 aromatic carbocycles. The Kier molecular flexibility index (Phi) is 6.05. The number of phenolic OH excluding ortho intramolecular Hbond substituents is 1. The van der Waals surface area contributed by atoms with Gasteiger partial charge in [0.05, 0.1) is 17.1 Å². The van der Waals surface area contributed by atoms with Crippen LogP contribution in [-0.2, 0) is 19.4 Å². The molecule has 1 unspecified atom stereocenters. The Hall–Kier alpha value is -2.09. The van der Waals surface area contributed by atoms with Gasteiger partial charge in [0, 0.05) is 12.6 Å². The number of sulfone groups is 1. The van der Waals surface area contributed by atoms with Crippen LogP contribution in [0.15, 0.2) is 24.3 Å². The van der Waals surface area contributed by atoms with Crippen molar-refractivity contribution >= 4 is 21.7 Å². The summed E-state index contributed by atoms with van der Waals surface area (Å²) in [5.41, 5.74) is 0.145. The van der Waals surface area contributed by atoms with E-state index in [0.717, 1.165) is 0 Å². The molecule has 8 heteroatoms. The molecule has 1 atom stereocenters. The lowest BCUT2D eigenvalue weighted by Gasteiger charge is -2.29. The number of hydrogen-bond acceptors (Lipinski definition) is 6. The van der Waals surface area contributed by atoms with E-state index in [1.54, 1.807) is 0 Å². The highest BCUT2D eigenvalue weighted by molar-refractivity contribution is 7.91. The highest BCUT2D eigenvalue weighted by atomic mass is 32.2. The van der Waals surface area contributed by atoms with Gasteiger partial charge in [-0.3, -0.25) is 4.79 Å². The van der Waals surface area contributed by atoms with Crippen LogP contribution in [0, 0.1) is 5.92 Å². The summed E-state index contributed by atoms with van der Waals surface area (Å²) in [6, 6.07) is 5.28. The third-order valence-corrected chi connectivity index (χ3v) is 5.69. The minimum atomic E-state index is -3.12. The first-order valence-corrected chi connectivity index (χ1v) is 9.96. The Bertz CT molecular complexity index is 743. The van der Waals surface area contributed by atoms with E-state index >= 15 is 0 Å². The van der Waals surface area contributed by atoms with E-state index in [2.05, 4.69) is 0 Å². The second-order valence-electron chi connectivity index (χ2n) is 6.62. The van der Waals surface area contributed by atoms with Crippen LogP contribution in [0.25, 0.3) is 0 Å². The first-order chi connectivity index (χ1) is 11.7. The molecule has 2 rings (SSSR count). The summed E-state index contributed by atoms with van der Waals surface area (Å²) in [7, 11) is -3.12. The number of nitrogens with zero attached hydrogens (tertiary/aromatic N) is 1. The van der Waals surface area contributed by atoms with Crippen LogP contribution in [0.2, 0.25) is 0 Å². The molecule has 0 bridgehead atoms. The van der Waals surface area contributed by atoms with Crippen LogP contribution in [0.3, 0.4) is 0 Å². The van der Waals surface area contributed by atoms with Gasteiger partial charge in [-0.15, -0.1) is 0 Å². The summed E-state index contributed by atoms with van der Waals surface area (Å²) in [5.74, 6) is -1.02. The Balaban J connectivity index is 2.01. The van der Waals surface area contributed by atoms with Crippen molar-refractivity contribution < 1.29 is 27.9 Å². The van der Waals surface area contributed by atoms with Gasteiger partial charge >= 0.3 is 5.97 Å². The van der Waals surface area contributed by atoms with E-state index < -0.39 is 28.3 Å². The smallest absolute Gasteiger partial charge is 0.338 e. The molecule has 0 aliphatic carbocycles. The average molecular weight is 369 g/mol. The number of aromatic hydroxyl groups is 1. The predicted octanol–water partition coefficient (Wildman–Crippen LogP) is 1.22. The molecule has 0 spiro atoms. The predicted molar refractivity (Wildman–Crippen MR) is 92.0 cm³/mol. The third-order valence-electron chi connectivity index (χ3n) is 3.94. The zero-order valence-corrected chi connectivity index (χ0v) is 15.2. The maximum atomic E-state index is 12.5. The minimum Gasteiger partial charge on any atom is -0.508 e. The molecule has 0 saturated carbocycles. The number of ether oxygens (including phenoxy) is 1. The largest absolute Gasteiger partial charge is 0.508 e. The zero-order valence-electron chi connectivity index (χ0n) is 14.3. The number of hydrogen-bond donors (Lipinski definition) is 1. The van der Waals surface area contributed by atoms with E-state index in [4.69, 9.17) is 4.74 Å². The molecule has 138 valence electrons. The molecule has 1 amide bonds. The molecular weight excluding hydrogens is 346 g/mol. The quantitative estimate of drug-likeness (QED) is 0.757. The standard InChI is InChI=1S/C17H23NO6S/c1-12(2)9-18(14-6-7-25(22,23)11-14)16(20)10-24-17(21)13-4-3-5-15(19)8-13/h3-5,8,12,14,19H,6-7,9-11H2,1-2H3. The monoisotopic (exact) mass is 369 g/mol. The summed E-state index contributed by atoms with van der Waals surface area (Å²) in [6.45, 7) is 3.81. The normalized spacial score (nSPS) is 18.9. The number of amides is 1. The summed E-state index contributed by atoms with van der Waals surface area (Å²) in [5, 5.41) is 9.38. The molecule has 1 fully saturated rings. The van der Waals surface area contributed by atoms with Crippen LogP contribution in [0.1, 0.15) is 30.6 Å². The van der Waals surface area contributed by atoms with Gasteiger partial charge in [0.1, 0.15) is 5.75 Å². The van der Waals surface area contributed by atoms with Gasteiger partial charge in [0.25, 0.3) is 5.91 Å². The summed E-state index contributed by atoms with van der Waals surface area (Å²) >= 11 is 0. The maximum Gasteiger partial charge on any atom is 0.338 e. The number of esters is 1. The fourth-order valence-electron chi connectivity index (χ4n) is 2.80. The lowest BCUT2D eigenvalue weighted by molar-refractivity contribution is -0.137. The lowest BCUT2D eigenvalue weighted by Crippen LogP contribution is -2.45. The summed E-state index contributed by atoms with van der Waals surface area (Å²) in [6.07, 6.45) is 0.404. The van der Waals surface area contributed by atoms with Gasteiger partial charge in [-0.25, -0.2) is 13.2 Å². The fraction of sp³-hybridized carbons (Fsp3) is 0.529. The highest BCUT2D eigenvalue weighted by Gasteiger charge is 2.35. The second kappa shape index (κ2) is 7.86. The maximum absolute atomic E-state index is 12.5. The van der Waals surface area contributed by atoms with Crippen molar-refractivity contribution in [1.29, 1.82) is 0 Å². The van der Waals surface area contributed by atoms with Gasteiger partial charge in [-0.05, 0) is 30.5 Å². The molecule has 0 radical (unpaired) electrons. The van der Waals surface area contributed by atoms with Gasteiger partial charge in [-0.2, -0.15) is 0 Å². The Morgan fingerprint density at radius 3 is 2.64 bits per heavy atom. The van der Waals surface area contributed by atoms with Crippen molar-refractivity contribution in [3.63, 3.8) is 0 Å². The van der Waals surface area contributed by atoms with Crippen LogP contribution in [0.5, 0.6) is 5.75 Å². The Labute approximate surface area is 147 Å². The molecular formula is C17H23NO6S. The lowest BCUT2D eigenvalue weighted by atomic mass is 10.1. The van der Waals surface area contributed by atoms with Crippen LogP contribution in [0.4, 0.5) is 0 Å². The first kappa shape index (κ1) is 19.2. The van der Waals surface area contributed by atoms with Crippen molar-refractivity contribution in [3.05, 3.63) is 29.8 Å². The van der Waals surface area contributed by atoms with Crippen molar-refractivity contribution in [2.24, 2.45) is 5.92 Å². The van der Waals surface area contributed by atoms with Crippen LogP contribution in [-0.4, -0.2) is 61.0 Å². The highest BCUT2D eigenvalue weighted by Crippen LogP contribution is 2.19. The van der Waals surface area contributed by atoms with Gasteiger partial charge < -0.3 is 14.7 Å². The topological polar surface area (TPSA) is 101 Å². The van der Waals surface area contributed by atoms with Gasteiger partial charge in [0.2, 0.25) is 0 Å². The fourth-order valence-corrected chi connectivity index (χ4v) is 4.53. The Morgan fingerprint density at radius 2 is 2.08 bits per heavy atom. The zero-order chi connectivity index (χ0) is 18.6. The van der Waals surface area contributed by atoms with E-state index in [1.807, 2.05) is 13.8 Å². The average Bonchev–Trinajstić information content (AvgIpc) is 2.89. The van der Waals surface area contributed by atoms with E-state index in [0.29, 0.717) is 13.0 Å². The van der Waals surface area contributed by atoms with Gasteiger partial charge in [0.15, 0.2) is 16.4 Å². The van der Waals surface area contributed by atoms with Crippen molar-refractivity contribution in [2.45, 2.75) is 26.3 Å². The first-order valence-electron chi connectivity index (χ1n) is 8.14. The number of rotatable bonds is 6. The third kappa shape index (κ3) is 5.45.